The molecule has 0 aliphatic heterocycles. The van der Waals surface area contributed by atoms with Crippen LogP contribution in [-0.4, -0.2) is 35.2 Å². The van der Waals surface area contributed by atoms with Gasteiger partial charge in [0.05, 0.1) is 6.61 Å². The lowest BCUT2D eigenvalue weighted by atomic mass is 10.2. The fourth-order valence-electron chi connectivity index (χ4n) is 1.63. The van der Waals surface area contributed by atoms with Gasteiger partial charge in [0, 0.05) is 30.1 Å². The predicted molar refractivity (Wildman–Crippen MR) is 64.9 cm³/mol. The van der Waals surface area contributed by atoms with Gasteiger partial charge >= 0.3 is 0 Å². The van der Waals surface area contributed by atoms with Gasteiger partial charge in [-0.15, -0.1) is 11.3 Å². The summed E-state index contributed by atoms with van der Waals surface area (Å²) in [5.41, 5.74) is 5.65. The molecule has 0 saturated heterocycles. The average Bonchev–Trinajstić information content (AvgIpc) is 2.70. The first kappa shape index (κ1) is 12.6. The van der Waals surface area contributed by atoms with Gasteiger partial charge in [-0.1, -0.05) is 6.07 Å². The van der Waals surface area contributed by atoms with Crippen molar-refractivity contribution in [3.05, 3.63) is 22.4 Å². The molecular formula is C11H20N2OS. The molecule has 0 amide bonds. The van der Waals surface area contributed by atoms with Gasteiger partial charge in [0.1, 0.15) is 0 Å². The van der Waals surface area contributed by atoms with Gasteiger partial charge in [0.25, 0.3) is 0 Å². The van der Waals surface area contributed by atoms with Crippen LogP contribution in [-0.2, 0) is 6.54 Å². The van der Waals surface area contributed by atoms with E-state index in [1.807, 2.05) is 0 Å². The number of hydrogen-bond acceptors (Lipinski definition) is 4. The smallest absolute Gasteiger partial charge is 0.0599 e. The largest absolute Gasteiger partial charge is 0.395 e. The van der Waals surface area contributed by atoms with Crippen molar-refractivity contribution >= 4 is 11.3 Å². The molecule has 1 atom stereocenters. The third-order valence-corrected chi connectivity index (χ3v) is 3.39. The Morgan fingerprint density at radius 2 is 2.27 bits per heavy atom. The van der Waals surface area contributed by atoms with Crippen molar-refractivity contribution in [1.29, 1.82) is 0 Å². The van der Waals surface area contributed by atoms with Crippen LogP contribution in [0.4, 0.5) is 0 Å². The van der Waals surface area contributed by atoms with Crippen LogP contribution in [0.3, 0.4) is 0 Å². The molecule has 0 aliphatic rings. The first-order chi connectivity index (χ1) is 7.19. The highest BCUT2D eigenvalue weighted by Crippen LogP contribution is 2.15. The van der Waals surface area contributed by atoms with E-state index in [1.165, 1.54) is 4.88 Å². The summed E-state index contributed by atoms with van der Waals surface area (Å²) in [6.45, 7) is 5.76. The van der Waals surface area contributed by atoms with Gasteiger partial charge < -0.3 is 10.8 Å². The highest BCUT2D eigenvalue weighted by Gasteiger charge is 2.19. The summed E-state index contributed by atoms with van der Waals surface area (Å²) in [4.78, 5) is 3.56. The highest BCUT2D eigenvalue weighted by molar-refractivity contribution is 7.09. The fraction of sp³-hybridized carbons (Fsp3) is 0.636. The van der Waals surface area contributed by atoms with Crippen molar-refractivity contribution in [2.45, 2.75) is 32.5 Å². The summed E-state index contributed by atoms with van der Waals surface area (Å²) in [5.74, 6) is 0. The minimum Gasteiger partial charge on any atom is -0.395 e. The Labute approximate surface area is 95.5 Å². The number of nitrogens with zero attached hydrogens (tertiary/aromatic N) is 1. The Hall–Kier alpha value is -0.420. The fourth-order valence-corrected chi connectivity index (χ4v) is 2.34. The van der Waals surface area contributed by atoms with Crippen molar-refractivity contribution in [1.82, 2.24) is 4.90 Å². The molecule has 4 heteroatoms. The van der Waals surface area contributed by atoms with Crippen LogP contribution in [0.5, 0.6) is 0 Å². The highest BCUT2D eigenvalue weighted by atomic mass is 32.1. The van der Waals surface area contributed by atoms with Gasteiger partial charge in [-0.3, -0.25) is 4.90 Å². The lowest BCUT2D eigenvalue weighted by Crippen LogP contribution is -2.46. The Morgan fingerprint density at radius 1 is 1.53 bits per heavy atom. The van der Waals surface area contributed by atoms with Gasteiger partial charge in [0.15, 0.2) is 0 Å². The summed E-state index contributed by atoms with van der Waals surface area (Å²) >= 11 is 1.74. The summed E-state index contributed by atoms with van der Waals surface area (Å²) in [6, 6.07) is 4.62. The van der Waals surface area contributed by atoms with Crippen molar-refractivity contribution in [3.63, 3.8) is 0 Å². The maximum atomic E-state index is 9.26. The molecule has 15 heavy (non-hydrogen) atoms. The molecule has 1 rings (SSSR count). The van der Waals surface area contributed by atoms with E-state index in [2.05, 4.69) is 36.3 Å². The van der Waals surface area contributed by atoms with Crippen LogP contribution < -0.4 is 5.73 Å². The Kier molecular flexibility index (Phi) is 5.25. The first-order valence-corrected chi connectivity index (χ1v) is 6.16. The zero-order valence-corrected chi connectivity index (χ0v) is 10.2. The third kappa shape index (κ3) is 3.57. The molecule has 1 aromatic heterocycles. The lowest BCUT2D eigenvalue weighted by molar-refractivity contribution is 0.0942. The molecule has 1 aromatic rings. The topological polar surface area (TPSA) is 49.5 Å². The van der Waals surface area contributed by atoms with Gasteiger partial charge in [-0.2, -0.15) is 0 Å². The summed E-state index contributed by atoms with van der Waals surface area (Å²) in [5, 5.41) is 11.3. The molecule has 0 fully saturated rings. The number of hydrogen-bond donors (Lipinski definition) is 2. The molecule has 1 heterocycles. The minimum atomic E-state index is 0.0621. The van der Waals surface area contributed by atoms with Crippen molar-refractivity contribution in [2.75, 3.05) is 13.2 Å². The maximum absolute atomic E-state index is 9.26. The summed E-state index contributed by atoms with van der Waals surface area (Å²) in [7, 11) is 0. The zero-order valence-electron chi connectivity index (χ0n) is 9.39. The predicted octanol–water partition coefficient (Wildman–Crippen LogP) is 1.28. The number of aliphatic hydroxyl groups excluding tert-OH is 1. The molecule has 0 bridgehead atoms. The standard InChI is InChI=1S/C11H20N2OS/c1-9(2)13(10(6-12)8-14)7-11-4-3-5-15-11/h3-5,9-10,14H,6-8,12H2,1-2H3. The quantitative estimate of drug-likeness (QED) is 0.771. The SMILES string of the molecule is CC(C)N(Cc1cccs1)C(CN)CO. The van der Waals surface area contributed by atoms with E-state index in [4.69, 9.17) is 5.73 Å². The van der Waals surface area contributed by atoms with Crippen LogP contribution in [0.1, 0.15) is 18.7 Å². The van der Waals surface area contributed by atoms with E-state index in [-0.39, 0.29) is 12.6 Å². The number of nitrogens with two attached hydrogens (primary N) is 1. The molecule has 0 aromatic carbocycles. The summed E-state index contributed by atoms with van der Waals surface area (Å²) < 4.78 is 0. The number of aliphatic hydroxyl groups is 1. The van der Waals surface area contributed by atoms with E-state index in [0.717, 1.165) is 6.54 Å². The van der Waals surface area contributed by atoms with E-state index in [9.17, 15) is 5.11 Å². The molecule has 0 saturated carbocycles. The molecule has 0 spiro atoms. The van der Waals surface area contributed by atoms with Gasteiger partial charge in [0.2, 0.25) is 0 Å². The monoisotopic (exact) mass is 228 g/mol. The van der Waals surface area contributed by atoms with E-state index >= 15 is 0 Å². The molecule has 0 radical (unpaired) electrons. The van der Waals surface area contributed by atoms with E-state index in [1.54, 1.807) is 11.3 Å². The molecule has 3 N–H and O–H groups in total. The van der Waals surface area contributed by atoms with Crippen LogP contribution >= 0.6 is 11.3 Å². The van der Waals surface area contributed by atoms with Crippen molar-refractivity contribution in [2.24, 2.45) is 5.73 Å². The van der Waals surface area contributed by atoms with Crippen LogP contribution in [0.25, 0.3) is 0 Å². The molecule has 1 unspecified atom stereocenters. The first-order valence-electron chi connectivity index (χ1n) is 5.28. The van der Waals surface area contributed by atoms with E-state index in [0.29, 0.717) is 12.6 Å². The Bertz CT molecular complexity index is 258. The minimum absolute atomic E-state index is 0.0621. The second kappa shape index (κ2) is 6.23. The second-order valence-corrected chi connectivity index (χ2v) is 4.95. The Morgan fingerprint density at radius 3 is 2.67 bits per heavy atom. The lowest BCUT2D eigenvalue weighted by Gasteiger charge is -2.32. The number of rotatable bonds is 6. The van der Waals surface area contributed by atoms with E-state index < -0.39 is 0 Å². The van der Waals surface area contributed by atoms with Crippen LogP contribution in [0, 0.1) is 0 Å². The molecule has 3 nitrogen and oxygen atoms in total. The van der Waals surface area contributed by atoms with Gasteiger partial charge in [-0.25, -0.2) is 0 Å². The average molecular weight is 228 g/mol. The Balaban J connectivity index is 2.65. The normalized spacial score (nSPS) is 13.7. The third-order valence-electron chi connectivity index (χ3n) is 2.53. The molecule has 86 valence electrons. The van der Waals surface area contributed by atoms with Crippen LogP contribution in [0.2, 0.25) is 0 Å². The van der Waals surface area contributed by atoms with Crippen LogP contribution in [0.15, 0.2) is 17.5 Å². The van der Waals surface area contributed by atoms with Crippen molar-refractivity contribution in [3.8, 4) is 0 Å². The number of thiophene rings is 1. The summed E-state index contributed by atoms with van der Waals surface area (Å²) in [6.07, 6.45) is 0. The zero-order chi connectivity index (χ0) is 11.3. The maximum Gasteiger partial charge on any atom is 0.0599 e. The second-order valence-electron chi connectivity index (χ2n) is 3.92. The molecular weight excluding hydrogens is 208 g/mol. The van der Waals surface area contributed by atoms with Crippen molar-refractivity contribution < 1.29 is 5.11 Å². The molecule has 0 aliphatic carbocycles. The van der Waals surface area contributed by atoms with Gasteiger partial charge in [-0.05, 0) is 25.3 Å².